The van der Waals surface area contributed by atoms with Crippen molar-refractivity contribution in [3.63, 3.8) is 0 Å². The van der Waals surface area contributed by atoms with Gasteiger partial charge in [0.25, 0.3) is 5.91 Å². The van der Waals surface area contributed by atoms with Gasteiger partial charge in [-0.1, -0.05) is 13.0 Å². The van der Waals surface area contributed by atoms with Crippen LogP contribution in [0.4, 0.5) is 11.4 Å². The maximum absolute atomic E-state index is 13.7. The number of thioether (sulfide) groups is 1. The average Bonchev–Trinajstić information content (AvgIpc) is 3.17. The maximum atomic E-state index is 13.7. The van der Waals surface area contributed by atoms with Gasteiger partial charge in [-0.3, -0.25) is 14.5 Å². The molecule has 8 nitrogen and oxygen atoms in total. The third-order valence-corrected chi connectivity index (χ3v) is 8.31. The van der Waals surface area contributed by atoms with Crippen LogP contribution in [0, 0.1) is 0 Å². The molecule has 0 radical (unpaired) electrons. The van der Waals surface area contributed by atoms with E-state index in [0.717, 1.165) is 56.3 Å². The summed E-state index contributed by atoms with van der Waals surface area (Å²) < 4.78 is 5.19. The zero-order valence-electron chi connectivity index (χ0n) is 22.4. The Morgan fingerprint density at radius 3 is 2.45 bits per heavy atom. The molecule has 4 rings (SSSR count). The Labute approximate surface area is 235 Å². The zero-order chi connectivity index (χ0) is 27.1. The SMILES string of the molecule is CCN1CCN(CCCN2C(=S)N(c3cccc(SC)c3)C(=O)C2CC(=O)Nc2ccc(OC)cc2)CC1. The number of methoxy groups -OCH3 is 1. The van der Waals surface area contributed by atoms with E-state index in [9.17, 15) is 9.59 Å². The lowest BCUT2D eigenvalue weighted by atomic mass is 10.1. The number of nitrogens with zero attached hydrogens (tertiary/aromatic N) is 4. The summed E-state index contributed by atoms with van der Waals surface area (Å²) >= 11 is 7.46. The number of carbonyl (C=O) groups excluding carboxylic acids is 2. The molecule has 204 valence electrons. The molecule has 2 aliphatic heterocycles. The fraction of sp³-hybridized carbons (Fsp3) is 0.464. The molecule has 2 amide bonds. The number of carbonyl (C=O) groups is 2. The smallest absolute Gasteiger partial charge is 0.256 e. The molecule has 1 atom stereocenters. The van der Waals surface area contributed by atoms with Crippen LogP contribution in [0.25, 0.3) is 0 Å². The molecule has 1 unspecified atom stereocenters. The van der Waals surface area contributed by atoms with Crippen molar-refractivity contribution in [2.24, 2.45) is 0 Å². The minimum atomic E-state index is -0.643. The Kier molecular flexibility index (Phi) is 10.0. The molecule has 0 aromatic heterocycles. The van der Waals surface area contributed by atoms with Crippen LogP contribution in [0.15, 0.2) is 53.4 Å². The van der Waals surface area contributed by atoms with Gasteiger partial charge in [-0.25, -0.2) is 0 Å². The molecule has 2 saturated heterocycles. The summed E-state index contributed by atoms with van der Waals surface area (Å²) in [4.78, 5) is 36.3. The van der Waals surface area contributed by atoms with Gasteiger partial charge in [0.2, 0.25) is 5.91 Å². The van der Waals surface area contributed by atoms with E-state index in [-0.39, 0.29) is 18.2 Å². The topological polar surface area (TPSA) is 68.4 Å². The van der Waals surface area contributed by atoms with Gasteiger partial charge in [-0.15, -0.1) is 11.8 Å². The number of likely N-dealkylation sites (N-methyl/N-ethyl adjacent to an activating group) is 1. The molecular formula is C28H37N5O3S2. The molecule has 2 heterocycles. The first-order valence-electron chi connectivity index (χ1n) is 13.1. The number of benzene rings is 2. The molecule has 0 aliphatic carbocycles. The first-order chi connectivity index (χ1) is 18.4. The second kappa shape index (κ2) is 13.4. The molecule has 38 heavy (non-hydrogen) atoms. The van der Waals surface area contributed by atoms with Gasteiger partial charge in [0.15, 0.2) is 5.11 Å². The predicted molar refractivity (Wildman–Crippen MR) is 158 cm³/mol. The van der Waals surface area contributed by atoms with Crippen LogP contribution in [0.5, 0.6) is 5.75 Å². The lowest BCUT2D eigenvalue weighted by Crippen LogP contribution is -2.47. The van der Waals surface area contributed by atoms with Crippen molar-refractivity contribution in [3.05, 3.63) is 48.5 Å². The Balaban J connectivity index is 1.46. The molecule has 2 aliphatic rings. The van der Waals surface area contributed by atoms with Crippen molar-refractivity contribution in [1.29, 1.82) is 0 Å². The molecule has 2 aromatic carbocycles. The Morgan fingerprint density at radius 1 is 1.08 bits per heavy atom. The number of piperazine rings is 1. The van der Waals surface area contributed by atoms with Crippen molar-refractivity contribution in [2.45, 2.75) is 30.7 Å². The van der Waals surface area contributed by atoms with Crippen molar-refractivity contribution in [3.8, 4) is 5.75 Å². The number of anilines is 2. The van der Waals surface area contributed by atoms with E-state index < -0.39 is 6.04 Å². The number of nitrogens with one attached hydrogen (secondary N) is 1. The number of hydrogen-bond donors (Lipinski definition) is 1. The number of ether oxygens (including phenoxy) is 1. The summed E-state index contributed by atoms with van der Waals surface area (Å²) in [5, 5.41) is 3.38. The number of rotatable bonds is 11. The van der Waals surface area contributed by atoms with Crippen molar-refractivity contribution in [1.82, 2.24) is 14.7 Å². The second-order valence-electron chi connectivity index (χ2n) is 9.48. The Hall–Kier alpha value is -2.66. The number of thiocarbonyl (C=S) groups is 1. The first kappa shape index (κ1) is 28.4. The molecule has 1 N–H and O–H groups in total. The molecule has 2 fully saturated rings. The van der Waals surface area contributed by atoms with Crippen LogP contribution < -0.4 is 15.0 Å². The van der Waals surface area contributed by atoms with Gasteiger partial charge in [-0.05, 0) is 80.4 Å². The fourth-order valence-electron chi connectivity index (χ4n) is 4.93. The van der Waals surface area contributed by atoms with Crippen molar-refractivity contribution < 1.29 is 14.3 Å². The third-order valence-electron chi connectivity index (χ3n) is 7.17. The maximum Gasteiger partial charge on any atom is 0.256 e. The summed E-state index contributed by atoms with van der Waals surface area (Å²) in [6.45, 7) is 9.14. The van der Waals surface area contributed by atoms with Crippen LogP contribution >= 0.6 is 24.0 Å². The van der Waals surface area contributed by atoms with Crippen LogP contribution in [-0.2, 0) is 9.59 Å². The minimum absolute atomic E-state index is 0.0267. The largest absolute Gasteiger partial charge is 0.497 e. The second-order valence-corrected chi connectivity index (χ2v) is 10.7. The van der Waals surface area contributed by atoms with Gasteiger partial charge in [0, 0.05) is 43.3 Å². The van der Waals surface area contributed by atoms with E-state index in [0.29, 0.717) is 23.1 Å². The monoisotopic (exact) mass is 555 g/mol. The quantitative estimate of drug-likeness (QED) is 0.332. The lowest BCUT2D eigenvalue weighted by molar-refractivity contribution is -0.124. The molecular weight excluding hydrogens is 518 g/mol. The summed E-state index contributed by atoms with van der Waals surface area (Å²) in [7, 11) is 1.60. The van der Waals surface area contributed by atoms with Crippen molar-refractivity contribution in [2.75, 3.05) is 69.4 Å². The summed E-state index contributed by atoms with van der Waals surface area (Å²) in [6, 6.07) is 14.3. The normalized spacial score (nSPS) is 18.8. The third kappa shape index (κ3) is 6.85. The lowest BCUT2D eigenvalue weighted by Gasteiger charge is -2.34. The van der Waals surface area contributed by atoms with E-state index in [4.69, 9.17) is 17.0 Å². The highest BCUT2D eigenvalue weighted by Crippen LogP contribution is 2.30. The highest BCUT2D eigenvalue weighted by molar-refractivity contribution is 7.98. The van der Waals surface area contributed by atoms with E-state index in [2.05, 4.69) is 22.0 Å². The highest BCUT2D eigenvalue weighted by atomic mass is 32.2. The zero-order valence-corrected chi connectivity index (χ0v) is 24.0. The van der Waals surface area contributed by atoms with E-state index >= 15 is 0 Å². The molecule has 0 spiro atoms. The Bertz CT molecular complexity index is 1120. The summed E-state index contributed by atoms with van der Waals surface area (Å²) in [6.07, 6.45) is 2.90. The van der Waals surface area contributed by atoms with E-state index in [1.54, 1.807) is 48.0 Å². The van der Waals surface area contributed by atoms with Gasteiger partial charge >= 0.3 is 0 Å². The van der Waals surface area contributed by atoms with Crippen LogP contribution in [-0.4, -0.2) is 96.8 Å². The molecule has 0 bridgehead atoms. The van der Waals surface area contributed by atoms with Crippen molar-refractivity contribution >= 4 is 52.3 Å². The average molecular weight is 556 g/mol. The Morgan fingerprint density at radius 2 is 1.79 bits per heavy atom. The van der Waals surface area contributed by atoms with Gasteiger partial charge in [-0.2, -0.15) is 0 Å². The molecule has 0 saturated carbocycles. The standard InChI is InChI=1S/C28H37N5O3S2/c1-4-30-15-17-31(18-16-30)13-6-14-32-25(20-26(34)29-21-9-11-23(36-2)12-10-21)27(35)33(28(32)37)22-7-5-8-24(19-22)38-3/h5,7-12,19,25H,4,6,13-18,20H2,1-3H3,(H,29,34). The minimum Gasteiger partial charge on any atom is -0.497 e. The highest BCUT2D eigenvalue weighted by Gasteiger charge is 2.44. The van der Waals surface area contributed by atoms with Crippen LogP contribution in [0.3, 0.4) is 0 Å². The van der Waals surface area contributed by atoms with E-state index in [1.165, 1.54) is 0 Å². The van der Waals surface area contributed by atoms with Crippen LogP contribution in [0.1, 0.15) is 19.8 Å². The fourth-order valence-corrected chi connectivity index (χ4v) is 5.80. The summed E-state index contributed by atoms with van der Waals surface area (Å²) in [5.41, 5.74) is 1.40. The van der Waals surface area contributed by atoms with E-state index in [1.807, 2.05) is 35.4 Å². The summed E-state index contributed by atoms with van der Waals surface area (Å²) in [5.74, 6) is 0.330. The first-order valence-corrected chi connectivity index (χ1v) is 14.7. The number of hydrogen-bond acceptors (Lipinski definition) is 7. The number of amides is 2. The van der Waals surface area contributed by atoms with Gasteiger partial charge < -0.3 is 24.8 Å². The molecule has 10 heteroatoms. The van der Waals surface area contributed by atoms with Crippen LogP contribution in [0.2, 0.25) is 0 Å². The van der Waals surface area contributed by atoms with Gasteiger partial charge in [0.05, 0.1) is 19.2 Å². The van der Waals surface area contributed by atoms with Gasteiger partial charge in [0.1, 0.15) is 11.8 Å². The predicted octanol–water partition coefficient (Wildman–Crippen LogP) is 3.78. The molecule has 2 aromatic rings.